The smallest absolute Gasteiger partial charge is 0.348 e. The molecule has 1 saturated heterocycles. The van der Waals surface area contributed by atoms with Crippen LogP contribution in [0.2, 0.25) is 0 Å². The molecule has 0 amide bonds. The van der Waals surface area contributed by atoms with Gasteiger partial charge in [-0.2, -0.15) is 0 Å². The van der Waals surface area contributed by atoms with Crippen LogP contribution in [0, 0.1) is 0 Å². The SMILES string of the molecule is COc1cccc(OC2(C(=O)O)CCN(C3CCCCCCC3)CC2)c1. The summed E-state index contributed by atoms with van der Waals surface area (Å²) in [5.41, 5.74) is -1.13. The number of aliphatic carboxylic acids is 1. The molecule has 2 aliphatic rings. The van der Waals surface area contributed by atoms with Gasteiger partial charge in [0.2, 0.25) is 5.60 Å². The van der Waals surface area contributed by atoms with E-state index < -0.39 is 11.6 Å². The molecule has 2 fully saturated rings. The summed E-state index contributed by atoms with van der Waals surface area (Å²) in [6, 6.07) is 7.82. The molecule has 1 heterocycles. The largest absolute Gasteiger partial charge is 0.497 e. The van der Waals surface area contributed by atoms with E-state index in [1.54, 1.807) is 19.2 Å². The molecule has 1 N–H and O–H groups in total. The average molecular weight is 361 g/mol. The standard InChI is InChI=1S/C21H31NO4/c1-25-18-10-7-11-19(16-18)26-21(20(23)24)12-14-22(15-13-21)17-8-5-3-2-4-6-9-17/h7,10-11,16-17H,2-6,8-9,12-15H2,1H3,(H,23,24). The lowest BCUT2D eigenvalue weighted by atomic mass is 9.88. The van der Waals surface area contributed by atoms with Gasteiger partial charge in [-0.25, -0.2) is 4.79 Å². The molecular formula is C21H31NO4. The van der Waals surface area contributed by atoms with E-state index in [1.807, 2.05) is 12.1 Å². The number of methoxy groups -OCH3 is 1. The Bertz CT molecular complexity index is 587. The van der Waals surface area contributed by atoms with Crippen LogP contribution in [-0.2, 0) is 4.79 Å². The van der Waals surface area contributed by atoms with E-state index in [1.165, 1.54) is 44.9 Å². The van der Waals surface area contributed by atoms with Crippen LogP contribution in [0.25, 0.3) is 0 Å². The summed E-state index contributed by atoms with van der Waals surface area (Å²) >= 11 is 0. The maximum Gasteiger partial charge on any atom is 0.348 e. The van der Waals surface area contributed by atoms with Crippen LogP contribution in [0.1, 0.15) is 57.8 Å². The van der Waals surface area contributed by atoms with Crippen LogP contribution in [0.3, 0.4) is 0 Å². The van der Waals surface area contributed by atoms with Crippen LogP contribution >= 0.6 is 0 Å². The molecule has 26 heavy (non-hydrogen) atoms. The molecule has 0 spiro atoms. The average Bonchev–Trinajstić information content (AvgIpc) is 2.62. The van der Waals surface area contributed by atoms with E-state index >= 15 is 0 Å². The normalized spacial score (nSPS) is 22.2. The molecule has 0 aromatic heterocycles. The Balaban J connectivity index is 1.65. The molecule has 1 aliphatic carbocycles. The molecule has 0 unspecified atom stereocenters. The first-order valence-corrected chi connectivity index (χ1v) is 9.93. The second-order valence-corrected chi connectivity index (χ2v) is 7.62. The zero-order valence-electron chi connectivity index (χ0n) is 15.8. The fourth-order valence-electron chi connectivity index (χ4n) is 4.30. The highest BCUT2D eigenvalue weighted by Crippen LogP contribution is 2.33. The second-order valence-electron chi connectivity index (χ2n) is 7.62. The van der Waals surface area contributed by atoms with E-state index in [4.69, 9.17) is 9.47 Å². The van der Waals surface area contributed by atoms with E-state index in [0.717, 1.165) is 13.1 Å². The van der Waals surface area contributed by atoms with Crippen molar-refractivity contribution < 1.29 is 19.4 Å². The van der Waals surface area contributed by atoms with Crippen LogP contribution in [0.15, 0.2) is 24.3 Å². The van der Waals surface area contributed by atoms with Crippen LogP contribution < -0.4 is 9.47 Å². The van der Waals surface area contributed by atoms with Gasteiger partial charge < -0.3 is 19.5 Å². The minimum atomic E-state index is -1.13. The molecule has 5 heteroatoms. The highest BCUT2D eigenvalue weighted by Gasteiger charge is 2.45. The number of carbonyl (C=O) groups is 1. The Morgan fingerprint density at radius 2 is 1.69 bits per heavy atom. The third-order valence-electron chi connectivity index (χ3n) is 5.94. The molecule has 5 nitrogen and oxygen atoms in total. The molecule has 1 saturated carbocycles. The third-order valence-corrected chi connectivity index (χ3v) is 5.94. The molecule has 3 rings (SSSR count). The van der Waals surface area contributed by atoms with Gasteiger partial charge in [-0.05, 0) is 25.0 Å². The van der Waals surface area contributed by atoms with Crippen molar-refractivity contribution in [3.05, 3.63) is 24.3 Å². The van der Waals surface area contributed by atoms with Crippen molar-refractivity contribution in [2.24, 2.45) is 0 Å². The lowest BCUT2D eigenvalue weighted by Gasteiger charge is -2.42. The van der Waals surface area contributed by atoms with Crippen molar-refractivity contribution in [2.75, 3.05) is 20.2 Å². The topological polar surface area (TPSA) is 59.0 Å². The Morgan fingerprint density at radius 3 is 2.31 bits per heavy atom. The first-order valence-electron chi connectivity index (χ1n) is 9.93. The number of carboxylic acid groups (broad SMARTS) is 1. The number of nitrogens with zero attached hydrogens (tertiary/aromatic N) is 1. The Labute approximate surface area is 156 Å². The fourth-order valence-corrected chi connectivity index (χ4v) is 4.30. The van der Waals surface area contributed by atoms with Gasteiger partial charge in [0.25, 0.3) is 0 Å². The number of rotatable bonds is 5. The van der Waals surface area contributed by atoms with Gasteiger partial charge in [-0.1, -0.05) is 38.2 Å². The van der Waals surface area contributed by atoms with Gasteiger partial charge in [-0.3, -0.25) is 0 Å². The summed E-state index contributed by atoms with van der Waals surface area (Å²) < 4.78 is 11.2. The minimum Gasteiger partial charge on any atom is -0.497 e. The molecule has 0 radical (unpaired) electrons. The summed E-state index contributed by atoms with van der Waals surface area (Å²) in [6.07, 6.45) is 10.2. The first-order chi connectivity index (χ1) is 12.6. The van der Waals surface area contributed by atoms with Crippen molar-refractivity contribution in [1.82, 2.24) is 4.90 Å². The summed E-state index contributed by atoms with van der Waals surface area (Å²) in [5, 5.41) is 9.88. The summed E-state index contributed by atoms with van der Waals surface area (Å²) in [6.45, 7) is 1.59. The lowest BCUT2D eigenvalue weighted by Crippen LogP contribution is -2.55. The number of likely N-dealkylation sites (tertiary alicyclic amines) is 1. The molecular weight excluding hydrogens is 330 g/mol. The maximum absolute atomic E-state index is 12.0. The van der Waals surface area contributed by atoms with Gasteiger partial charge in [0.15, 0.2) is 0 Å². The van der Waals surface area contributed by atoms with Gasteiger partial charge in [0.05, 0.1) is 7.11 Å². The van der Waals surface area contributed by atoms with Gasteiger partial charge in [0.1, 0.15) is 11.5 Å². The highest BCUT2D eigenvalue weighted by atomic mass is 16.5. The van der Waals surface area contributed by atoms with Gasteiger partial charge >= 0.3 is 5.97 Å². The number of carboxylic acids is 1. The molecule has 0 atom stereocenters. The second kappa shape index (κ2) is 8.76. The minimum absolute atomic E-state index is 0.524. The number of piperidine rings is 1. The van der Waals surface area contributed by atoms with Crippen LogP contribution in [0.5, 0.6) is 11.5 Å². The maximum atomic E-state index is 12.0. The van der Waals surface area contributed by atoms with Crippen molar-refractivity contribution in [1.29, 1.82) is 0 Å². The van der Waals surface area contributed by atoms with Crippen molar-refractivity contribution in [3.8, 4) is 11.5 Å². The number of hydrogen-bond donors (Lipinski definition) is 1. The first kappa shape index (κ1) is 19.0. The Kier molecular flexibility index (Phi) is 6.41. The van der Waals surface area contributed by atoms with Crippen molar-refractivity contribution in [3.63, 3.8) is 0 Å². The number of benzene rings is 1. The van der Waals surface area contributed by atoms with Gasteiger partial charge in [-0.15, -0.1) is 0 Å². The van der Waals surface area contributed by atoms with Crippen LogP contribution in [0.4, 0.5) is 0 Å². The van der Waals surface area contributed by atoms with E-state index in [9.17, 15) is 9.90 Å². The molecule has 1 aromatic carbocycles. The van der Waals surface area contributed by atoms with E-state index in [2.05, 4.69) is 4.90 Å². The predicted molar refractivity (Wildman–Crippen MR) is 101 cm³/mol. The van der Waals surface area contributed by atoms with Crippen molar-refractivity contribution >= 4 is 5.97 Å². The van der Waals surface area contributed by atoms with E-state index in [0.29, 0.717) is 30.4 Å². The Morgan fingerprint density at radius 1 is 1.08 bits per heavy atom. The van der Waals surface area contributed by atoms with Crippen molar-refractivity contribution in [2.45, 2.75) is 69.4 Å². The van der Waals surface area contributed by atoms with Gasteiger partial charge in [0, 0.05) is 38.0 Å². The third kappa shape index (κ3) is 4.50. The Hall–Kier alpha value is -1.75. The molecule has 144 valence electrons. The zero-order chi connectivity index (χ0) is 18.4. The molecule has 1 aromatic rings. The lowest BCUT2D eigenvalue weighted by molar-refractivity contribution is -0.160. The quantitative estimate of drug-likeness (QED) is 0.855. The molecule has 0 bridgehead atoms. The number of ether oxygens (including phenoxy) is 2. The molecule has 1 aliphatic heterocycles. The number of hydrogen-bond acceptors (Lipinski definition) is 4. The fraction of sp³-hybridized carbons (Fsp3) is 0.667. The predicted octanol–water partition coefficient (Wildman–Crippen LogP) is 4.11. The summed E-state index contributed by atoms with van der Waals surface area (Å²) in [5.74, 6) is 0.374. The monoisotopic (exact) mass is 361 g/mol. The summed E-state index contributed by atoms with van der Waals surface area (Å²) in [7, 11) is 1.60. The summed E-state index contributed by atoms with van der Waals surface area (Å²) in [4.78, 5) is 14.5. The zero-order valence-corrected chi connectivity index (χ0v) is 15.8. The van der Waals surface area contributed by atoms with Crippen LogP contribution in [-0.4, -0.2) is 47.8 Å². The highest BCUT2D eigenvalue weighted by molar-refractivity contribution is 5.78. The van der Waals surface area contributed by atoms with E-state index in [-0.39, 0.29) is 0 Å².